The van der Waals surface area contributed by atoms with Gasteiger partial charge in [-0.2, -0.15) is 0 Å². The van der Waals surface area contributed by atoms with Gasteiger partial charge in [-0.05, 0) is 47.6 Å². The molecular formula is C16H13Cl2N3OS. The van der Waals surface area contributed by atoms with E-state index in [4.69, 9.17) is 41.3 Å². The molecule has 1 fully saturated rings. The van der Waals surface area contributed by atoms with Crippen LogP contribution in [0.1, 0.15) is 23.2 Å². The number of nitrogens with one attached hydrogen (secondary N) is 1. The molecule has 3 rings (SSSR count). The molecule has 1 saturated heterocycles. The molecule has 2 atom stereocenters. The van der Waals surface area contributed by atoms with Gasteiger partial charge >= 0.3 is 0 Å². The molecule has 0 radical (unpaired) electrons. The highest BCUT2D eigenvalue weighted by Crippen LogP contribution is 2.31. The highest BCUT2D eigenvalue weighted by Gasteiger charge is 2.39. The van der Waals surface area contributed by atoms with Crippen molar-refractivity contribution in [3.63, 3.8) is 0 Å². The van der Waals surface area contributed by atoms with Gasteiger partial charge < -0.3 is 5.32 Å². The quantitative estimate of drug-likeness (QED) is 0.630. The van der Waals surface area contributed by atoms with Crippen molar-refractivity contribution in [2.24, 2.45) is 5.84 Å². The molecule has 23 heavy (non-hydrogen) atoms. The Bertz CT molecular complexity index is 749. The molecule has 1 aliphatic rings. The second kappa shape index (κ2) is 6.45. The second-order valence-corrected chi connectivity index (χ2v) is 6.46. The average molecular weight is 366 g/mol. The predicted molar refractivity (Wildman–Crippen MR) is 95.2 cm³/mol. The zero-order valence-corrected chi connectivity index (χ0v) is 14.2. The second-order valence-electron chi connectivity index (χ2n) is 5.20. The van der Waals surface area contributed by atoms with Crippen molar-refractivity contribution in [1.82, 2.24) is 10.3 Å². The zero-order chi connectivity index (χ0) is 16.6. The number of hydrogen-bond donors (Lipinski definition) is 2. The minimum absolute atomic E-state index is 0.0919. The number of thiocarbonyl (C=S) groups is 1. The number of halogens is 2. The van der Waals surface area contributed by atoms with E-state index in [9.17, 15) is 4.79 Å². The molecule has 2 aromatic rings. The van der Waals surface area contributed by atoms with E-state index in [0.29, 0.717) is 15.2 Å². The number of rotatable bonds is 2. The molecule has 0 aromatic heterocycles. The summed E-state index contributed by atoms with van der Waals surface area (Å²) in [7, 11) is 0. The van der Waals surface area contributed by atoms with Crippen LogP contribution >= 0.6 is 35.4 Å². The largest absolute Gasteiger partial charge is 0.348 e. The number of Topliss-reactive ketones (excluding diaryl/α,β-unsaturated/α-hetero) is 1. The van der Waals surface area contributed by atoms with E-state index in [-0.39, 0.29) is 5.78 Å². The summed E-state index contributed by atoms with van der Waals surface area (Å²) in [6, 6.07) is 12.8. The van der Waals surface area contributed by atoms with E-state index in [1.165, 1.54) is 5.01 Å². The van der Waals surface area contributed by atoms with Gasteiger partial charge in [0.05, 0.1) is 0 Å². The van der Waals surface area contributed by atoms with Crippen LogP contribution in [0.15, 0.2) is 48.5 Å². The maximum absolute atomic E-state index is 12.9. The van der Waals surface area contributed by atoms with Crippen molar-refractivity contribution in [3.05, 3.63) is 69.7 Å². The number of hydrazine groups is 1. The van der Waals surface area contributed by atoms with E-state index in [0.717, 1.165) is 11.1 Å². The third-order valence-corrected chi connectivity index (χ3v) is 4.56. The van der Waals surface area contributed by atoms with Gasteiger partial charge in [0.15, 0.2) is 10.9 Å². The third kappa shape index (κ3) is 3.19. The molecule has 3 N–H and O–H groups in total. The van der Waals surface area contributed by atoms with E-state index in [1.54, 1.807) is 48.5 Å². The molecule has 4 nitrogen and oxygen atoms in total. The summed E-state index contributed by atoms with van der Waals surface area (Å²) in [5, 5.41) is 5.76. The third-order valence-electron chi connectivity index (χ3n) is 3.72. The Hall–Kier alpha value is -1.66. The maximum atomic E-state index is 12.9. The van der Waals surface area contributed by atoms with Gasteiger partial charge in [-0.25, -0.2) is 5.84 Å². The van der Waals surface area contributed by atoms with Crippen molar-refractivity contribution in [1.29, 1.82) is 0 Å². The molecule has 0 amide bonds. The van der Waals surface area contributed by atoms with Gasteiger partial charge in [-0.3, -0.25) is 9.80 Å². The lowest BCUT2D eigenvalue weighted by atomic mass is 9.91. The smallest absolute Gasteiger partial charge is 0.188 e. The van der Waals surface area contributed by atoms with Crippen LogP contribution in [0.3, 0.4) is 0 Å². The fourth-order valence-corrected chi connectivity index (χ4v) is 3.03. The Kier molecular flexibility index (Phi) is 4.55. The standard InChI is InChI=1S/C16H13Cl2N3OS/c17-11-5-1-9(2-6-11)13-15(22)14(21(19)16(23)20-13)10-3-7-12(18)8-4-10/h1-8,13-14H,19H2,(H,20,23). The topological polar surface area (TPSA) is 58.4 Å². The van der Waals surface area contributed by atoms with Crippen LogP contribution in [0.5, 0.6) is 0 Å². The molecule has 0 spiro atoms. The molecule has 2 aromatic carbocycles. The highest BCUT2D eigenvalue weighted by atomic mass is 35.5. The van der Waals surface area contributed by atoms with Crippen LogP contribution in [0.2, 0.25) is 10.0 Å². The first-order valence-corrected chi connectivity index (χ1v) is 8.03. The molecule has 1 aliphatic heterocycles. The van der Waals surface area contributed by atoms with Crippen molar-refractivity contribution in [2.75, 3.05) is 0 Å². The first kappa shape index (κ1) is 16.2. The average Bonchev–Trinajstić information content (AvgIpc) is 2.54. The minimum atomic E-state index is -0.665. The molecule has 0 aliphatic carbocycles. The Morgan fingerprint density at radius 2 is 1.43 bits per heavy atom. The van der Waals surface area contributed by atoms with E-state index in [1.807, 2.05) is 0 Å². The Labute approximate surface area is 149 Å². The van der Waals surface area contributed by atoms with Gasteiger partial charge in [0.25, 0.3) is 0 Å². The van der Waals surface area contributed by atoms with Crippen LogP contribution in [-0.4, -0.2) is 15.9 Å². The van der Waals surface area contributed by atoms with Crippen LogP contribution < -0.4 is 11.2 Å². The first-order chi connectivity index (χ1) is 11.0. The summed E-state index contributed by atoms with van der Waals surface area (Å²) in [5.74, 6) is 5.91. The number of carbonyl (C=O) groups excluding carboxylic acids is 1. The number of benzene rings is 2. The van der Waals surface area contributed by atoms with Gasteiger partial charge in [0.1, 0.15) is 12.1 Å². The summed E-state index contributed by atoms with van der Waals surface area (Å²) in [5.41, 5.74) is 1.53. The van der Waals surface area contributed by atoms with Crippen LogP contribution in [-0.2, 0) is 4.79 Å². The first-order valence-electron chi connectivity index (χ1n) is 6.86. The summed E-state index contributed by atoms with van der Waals surface area (Å²) < 4.78 is 0. The fourth-order valence-electron chi connectivity index (χ4n) is 2.55. The predicted octanol–water partition coefficient (Wildman–Crippen LogP) is 3.41. The number of carbonyl (C=O) groups is 1. The Balaban J connectivity index is 1.98. The van der Waals surface area contributed by atoms with Gasteiger partial charge in [-0.15, -0.1) is 0 Å². The van der Waals surface area contributed by atoms with Gasteiger partial charge in [0, 0.05) is 10.0 Å². The monoisotopic (exact) mass is 365 g/mol. The molecule has 7 heteroatoms. The van der Waals surface area contributed by atoms with Crippen LogP contribution in [0, 0.1) is 0 Å². The number of nitrogens with zero attached hydrogens (tertiary/aromatic N) is 1. The van der Waals surface area contributed by atoms with Crippen molar-refractivity contribution < 1.29 is 4.79 Å². The van der Waals surface area contributed by atoms with Crippen molar-refractivity contribution >= 4 is 46.3 Å². The summed E-state index contributed by atoms with van der Waals surface area (Å²) >= 11 is 17.1. The Morgan fingerprint density at radius 1 is 0.957 bits per heavy atom. The van der Waals surface area contributed by atoms with Crippen molar-refractivity contribution in [2.45, 2.75) is 12.1 Å². The highest BCUT2D eigenvalue weighted by molar-refractivity contribution is 7.80. The fraction of sp³-hybridized carbons (Fsp3) is 0.125. The number of hydrogen-bond acceptors (Lipinski definition) is 3. The Morgan fingerprint density at radius 3 is 1.96 bits per heavy atom. The molecule has 0 saturated carbocycles. The SMILES string of the molecule is NN1C(=S)NC(c2ccc(Cl)cc2)C(=O)C1c1ccc(Cl)cc1. The van der Waals surface area contributed by atoms with E-state index >= 15 is 0 Å². The lowest BCUT2D eigenvalue weighted by Crippen LogP contribution is -2.57. The molecular weight excluding hydrogens is 353 g/mol. The van der Waals surface area contributed by atoms with Crippen molar-refractivity contribution in [3.8, 4) is 0 Å². The van der Waals surface area contributed by atoms with Gasteiger partial charge in [0.2, 0.25) is 0 Å². The van der Waals surface area contributed by atoms with E-state index < -0.39 is 12.1 Å². The lowest BCUT2D eigenvalue weighted by molar-refractivity contribution is -0.126. The van der Waals surface area contributed by atoms with Gasteiger partial charge in [-0.1, -0.05) is 47.5 Å². The summed E-state index contributed by atoms with van der Waals surface area (Å²) in [6.45, 7) is 0. The number of nitrogens with two attached hydrogens (primary N) is 1. The number of ketones is 1. The molecule has 118 valence electrons. The minimum Gasteiger partial charge on any atom is -0.348 e. The van der Waals surface area contributed by atoms with Crippen LogP contribution in [0.25, 0.3) is 0 Å². The zero-order valence-electron chi connectivity index (χ0n) is 11.9. The normalized spacial score (nSPS) is 21.3. The maximum Gasteiger partial charge on any atom is 0.188 e. The molecule has 2 unspecified atom stereocenters. The molecule has 1 heterocycles. The summed E-state index contributed by atoms with van der Waals surface area (Å²) in [4.78, 5) is 12.9. The molecule has 0 bridgehead atoms. The lowest BCUT2D eigenvalue weighted by Gasteiger charge is -2.38. The van der Waals surface area contributed by atoms with Crippen LogP contribution in [0.4, 0.5) is 0 Å². The summed E-state index contributed by atoms with van der Waals surface area (Å²) in [6.07, 6.45) is 0. The van der Waals surface area contributed by atoms with E-state index in [2.05, 4.69) is 5.32 Å².